The van der Waals surface area contributed by atoms with E-state index in [1.54, 1.807) is 0 Å². The smallest absolute Gasteiger partial charge is 0.311 e. The van der Waals surface area contributed by atoms with Gasteiger partial charge >= 0.3 is 5.97 Å². The van der Waals surface area contributed by atoms with E-state index in [0.717, 1.165) is 22.8 Å². The molecular weight excluding hydrogens is 399 g/mol. The van der Waals surface area contributed by atoms with Gasteiger partial charge in [-0.2, -0.15) is 0 Å². The van der Waals surface area contributed by atoms with Crippen LogP contribution in [0.25, 0.3) is 10.9 Å². The molecule has 1 atom stereocenters. The Balaban J connectivity index is 2.37. The van der Waals surface area contributed by atoms with Gasteiger partial charge in [0.1, 0.15) is 5.82 Å². The number of aromatic nitrogens is 1. The number of unbranched alkanes of at least 4 members (excludes halogenated alkanes) is 1. The third-order valence-electron chi connectivity index (χ3n) is 5.18. The van der Waals surface area contributed by atoms with Gasteiger partial charge in [-0.1, -0.05) is 25.8 Å². The largest absolute Gasteiger partial charge is 0.503 e. The van der Waals surface area contributed by atoms with Crippen LogP contribution < -0.4 is 0 Å². The van der Waals surface area contributed by atoms with Crippen molar-refractivity contribution in [2.75, 3.05) is 0 Å². The summed E-state index contributed by atoms with van der Waals surface area (Å²) >= 11 is 0. The zero-order valence-electron chi connectivity index (χ0n) is 16.4. The van der Waals surface area contributed by atoms with Crippen LogP contribution in [0.15, 0.2) is 30.3 Å². The fourth-order valence-corrected chi connectivity index (χ4v) is 3.75. The fourth-order valence-electron chi connectivity index (χ4n) is 3.75. The van der Waals surface area contributed by atoms with Gasteiger partial charge in [0.2, 0.25) is 0 Å². The van der Waals surface area contributed by atoms with Crippen LogP contribution in [0.3, 0.4) is 0 Å². The van der Waals surface area contributed by atoms with E-state index in [2.05, 4.69) is 0 Å². The summed E-state index contributed by atoms with van der Waals surface area (Å²) in [6, 6.07) is 5.56. The molecule has 0 aliphatic carbocycles. The highest BCUT2D eigenvalue weighted by atomic mass is 19.1. The third kappa shape index (κ3) is 3.53. The number of phenols is 1. The SMILES string of the molecule is CCCCC(C(=O)O)c1c(C)n(C(=O)c2cccc(F)c2)c2cc(F)c(O)c(F)c12. The highest BCUT2D eigenvalue weighted by Crippen LogP contribution is 2.40. The maximum Gasteiger partial charge on any atom is 0.311 e. The van der Waals surface area contributed by atoms with Crippen molar-refractivity contribution >= 4 is 22.8 Å². The molecule has 0 fully saturated rings. The van der Waals surface area contributed by atoms with Gasteiger partial charge in [-0.25, -0.2) is 13.2 Å². The van der Waals surface area contributed by atoms with Crippen molar-refractivity contribution in [1.82, 2.24) is 4.57 Å². The number of benzene rings is 2. The summed E-state index contributed by atoms with van der Waals surface area (Å²) in [6.07, 6.45) is 1.37. The molecule has 8 heteroatoms. The third-order valence-corrected chi connectivity index (χ3v) is 5.18. The van der Waals surface area contributed by atoms with Crippen LogP contribution in [-0.4, -0.2) is 26.7 Å². The van der Waals surface area contributed by atoms with Gasteiger partial charge in [0.25, 0.3) is 5.91 Å². The van der Waals surface area contributed by atoms with Crippen molar-refractivity contribution in [1.29, 1.82) is 0 Å². The highest BCUT2D eigenvalue weighted by molar-refractivity contribution is 6.05. The van der Waals surface area contributed by atoms with Gasteiger partial charge in [0.05, 0.1) is 11.4 Å². The number of carbonyl (C=O) groups is 2. The number of carboxylic acids is 1. The van der Waals surface area contributed by atoms with Crippen molar-refractivity contribution in [2.24, 2.45) is 0 Å². The quantitative estimate of drug-likeness (QED) is 0.581. The second-order valence-corrected chi connectivity index (χ2v) is 7.10. The first-order valence-electron chi connectivity index (χ1n) is 9.43. The van der Waals surface area contributed by atoms with Crippen molar-refractivity contribution in [3.63, 3.8) is 0 Å². The van der Waals surface area contributed by atoms with Gasteiger partial charge < -0.3 is 10.2 Å². The molecule has 0 saturated heterocycles. The Morgan fingerprint density at radius 2 is 1.87 bits per heavy atom. The second kappa shape index (κ2) is 8.22. The van der Waals surface area contributed by atoms with Crippen LogP contribution in [0, 0.1) is 24.4 Å². The molecule has 1 heterocycles. The number of hydrogen-bond acceptors (Lipinski definition) is 3. The Kier molecular flexibility index (Phi) is 5.87. The molecular formula is C22H20F3NO4. The fraction of sp³-hybridized carbons (Fsp3) is 0.273. The van der Waals surface area contributed by atoms with Crippen LogP contribution in [0.5, 0.6) is 5.75 Å². The molecule has 0 aliphatic heterocycles. The lowest BCUT2D eigenvalue weighted by molar-refractivity contribution is -0.139. The van der Waals surface area contributed by atoms with Crippen molar-refractivity contribution in [2.45, 2.75) is 39.0 Å². The molecule has 30 heavy (non-hydrogen) atoms. The number of carbonyl (C=O) groups excluding carboxylic acids is 1. The molecule has 5 nitrogen and oxygen atoms in total. The monoisotopic (exact) mass is 419 g/mol. The number of aliphatic carboxylic acids is 1. The van der Waals surface area contributed by atoms with E-state index < -0.39 is 41.0 Å². The summed E-state index contributed by atoms with van der Waals surface area (Å²) in [7, 11) is 0. The van der Waals surface area contributed by atoms with Gasteiger partial charge in [-0.05, 0) is 37.1 Å². The van der Waals surface area contributed by atoms with Gasteiger partial charge in [0.15, 0.2) is 17.4 Å². The lowest BCUT2D eigenvalue weighted by Crippen LogP contribution is -2.16. The van der Waals surface area contributed by atoms with E-state index in [0.29, 0.717) is 12.8 Å². The molecule has 0 bridgehead atoms. The summed E-state index contributed by atoms with van der Waals surface area (Å²) in [4.78, 5) is 25.1. The average molecular weight is 419 g/mol. The Labute approximate surface area is 170 Å². The minimum Gasteiger partial charge on any atom is -0.503 e. The van der Waals surface area contributed by atoms with E-state index in [1.807, 2.05) is 6.92 Å². The normalized spacial score (nSPS) is 12.3. The van der Waals surface area contributed by atoms with Crippen molar-refractivity contribution < 1.29 is 33.0 Å². The summed E-state index contributed by atoms with van der Waals surface area (Å²) in [5.74, 6) is -7.72. The van der Waals surface area contributed by atoms with E-state index in [1.165, 1.54) is 19.1 Å². The Hall–Kier alpha value is -3.29. The number of fused-ring (bicyclic) bond motifs is 1. The maximum atomic E-state index is 14.9. The van der Waals surface area contributed by atoms with E-state index >= 15 is 0 Å². The van der Waals surface area contributed by atoms with Crippen LogP contribution >= 0.6 is 0 Å². The van der Waals surface area contributed by atoms with E-state index in [-0.39, 0.29) is 34.1 Å². The number of hydrogen-bond donors (Lipinski definition) is 2. The molecule has 0 amide bonds. The van der Waals surface area contributed by atoms with Gasteiger partial charge in [-0.15, -0.1) is 0 Å². The Morgan fingerprint density at radius 3 is 2.47 bits per heavy atom. The number of carboxylic acid groups (broad SMARTS) is 1. The van der Waals surface area contributed by atoms with E-state index in [4.69, 9.17) is 0 Å². The molecule has 2 aromatic carbocycles. The predicted octanol–water partition coefficient (Wildman–Crippen LogP) is 5.12. The molecule has 158 valence electrons. The minimum absolute atomic E-state index is 0.0106. The van der Waals surface area contributed by atoms with E-state index in [9.17, 15) is 33.0 Å². The van der Waals surface area contributed by atoms with Gasteiger partial charge in [0, 0.05) is 22.7 Å². The number of aromatic hydroxyl groups is 1. The number of phenolic OH excluding ortho intramolecular Hbond substituents is 1. The van der Waals surface area contributed by atoms with Gasteiger partial charge in [-0.3, -0.25) is 14.2 Å². The molecule has 0 spiro atoms. The average Bonchev–Trinajstić information content (AvgIpc) is 2.97. The Bertz CT molecular complexity index is 1150. The summed E-state index contributed by atoms with van der Waals surface area (Å²) < 4.78 is 43.6. The zero-order chi connectivity index (χ0) is 22.2. The molecule has 0 saturated carbocycles. The maximum absolute atomic E-state index is 14.9. The first-order chi connectivity index (χ1) is 14.2. The first kappa shape index (κ1) is 21.4. The second-order valence-electron chi connectivity index (χ2n) is 7.10. The van der Waals surface area contributed by atoms with Crippen LogP contribution in [0.2, 0.25) is 0 Å². The number of halogens is 3. The summed E-state index contributed by atoms with van der Waals surface area (Å²) in [5.41, 5.74) is -0.224. The van der Waals surface area contributed by atoms with Crippen LogP contribution in [0.1, 0.15) is 53.7 Å². The number of nitrogens with zero attached hydrogens (tertiary/aromatic N) is 1. The standard InChI is InChI=1S/C22H20F3NO4/c1-3-4-8-14(22(29)30)17-11(2)26(21(28)12-6-5-7-13(23)9-12)16-10-15(24)20(27)19(25)18(16)17/h5-7,9-10,14,27H,3-4,8H2,1-2H3,(H,29,30). The molecule has 0 aliphatic rings. The first-order valence-corrected chi connectivity index (χ1v) is 9.43. The lowest BCUT2D eigenvalue weighted by atomic mass is 9.91. The molecule has 1 aromatic heterocycles. The Morgan fingerprint density at radius 1 is 1.17 bits per heavy atom. The summed E-state index contributed by atoms with van der Waals surface area (Å²) in [5, 5.41) is 19.2. The van der Waals surface area contributed by atoms with Crippen molar-refractivity contribution in [3.05, 3.63) is 64.6 Å². The van der Waals surface area contributed by atoms with Crippen LogP contribution in [0.4, 0.5) is 13.2 Å². The summed E-state index contributed by atoms with van der Waals surface area (Å²) in [6.45, 7) is 3.28. The topological polar surface area (TPSA) is 79.5 Å². The molecule has 0 radical (unpaired) electrons. The lowest BCUT2D eigenvalue weighted by Gasteiger charge is -2.14. The highest BCUT2D eigenvalue weighted by Gasteiger charge is 2.32. The van der Waals surface area contributed by atoms with Crippen molar-refractivity contribution in [3.8, 4) is 5.75 Å². The molecule has 3 aromatic rings. The molecule has 3 rings (SSSR count). The molecule has 2 N–H and O–H groups in total. The zero-order valence-corrected chi connectivity index (χ0v) is 16.4. The number of rotatable bonds is 6. The van der Waals surface area contributed by atoms with Crippen LogP contribution in [-0.2, 0) is 4.79 Å². The predicted molar refractivity (Wildman–Crippen MR) is 104 cm³/mol. The minimum atomic E-state index is -1.34. The molecule has 1 unspecified atom stereocenters.